The normalized spacial score (nSPS) is 11.8. The Kier molecular flexibility index (Phi) is 6.88. The summed E-state index contributed by atoms with van der Waals surface area (Å²) in [5, 5.41) is 21.6. The maximum Gasteiger partial charge on any atom is 0.335 e. The van der Waals surface area contributed by atoms with Gasteiger partial charge in [-0.25, -0.2) is 4.79 Å². The van der Waals surface area contributed by atoms with E-state index in [0.717, 1.165) is 24.2 Å². The van der Waals surface area contributed by atoms with Gasteiger partial charge in [-0.2, -0.15) is 0 Å². The second-order valence-corrected chi connectivity index (χ2v) is 5.24. The molecule has 0 saturated heterocycles. The Bertz CT molecular complexity index is 502. The van der Waals surface area contributed by atoms with E-state index in [0.29, 0.717) is 12.1 Å². The number of aliphatic imine (C=N–C) groups is 1. The molecule has 0 saturated carbocycles. The number of carbonyl (C=O) groups is 1. The Labute approximate surface area is 125 Å². The third-order valence-corrected chi connectivity index (χ3v) is 3.06. The molecule has 1 unspecified atom stereocenters. The summed E-state index contributed by atoms with van der Waals surface area (Å²) in [5.74, 6) is -0.966. The van der Waals surface area contributed by atoms with Crippen molar-refractivity contribution in [3.63, 3.8) is 0 Å². The third kappa shape index (κ3) is 5.55. The number of hydrogen-bond donors (Lipinski definition) is 3. The quantitative estimate of drug-likeness (QED) is 0.641. The summed E-state index contributed by atoms with van der Waals surface area (Å²) in [5.41, 5.74) is 2.49. The van der Waals surface area contributed by atoms with Crippen LogP contribution in [0.4, 0.5) is 11.4 Å². The van der Waals surface area contributed by atoms with Gasteiger partial charge >= 0.3 is 5.97 Å². The zero-order chi connectivity index (χ0) is 15.8. The first-order chi connectivity index (χ1) is 9.97. The van der Waals surface area contributed by atoms with E-state index >= 15 is 0 Å². The number of hydrogen-bond acceptors (Lipinski definition) is 4. The van der Waals surface area contributed by atoms with Gasteiger partial charge in [0.25, 0.3) is 0 Å². The molecule has 21 heavy (non-hydrogen) atoms. The second-order valence-electron chi connectivity index (χ2n) is 5.24. The number of aliphatic hydroxyl groups is 1. The van der Waals surface area contributed by atoms with Crippen LogP contribution in [-0.2, 0) is 0 Å². The molecule has 0 bridgehead atoms. The van der Waals surface area contributed by atoms with Gasteiger partial charge in [0.2, 0.25) is 0 Å². The van der Waals surface area contributed by atoms with Gasteiger partial charge in [-0.3, -0.25) is 4.99 Å². The zero-order valence-corrected chi connectivity index (χ0v) is 12.9. The summed E-state index contributed by atoms with van der Waals surface area (Å²) < 4.78 is 0. The van der Waals surface area contributed by atoms with Crippen LogP contribution >= 0.6 is 0 Å². The molecule has 1 aromatic rings. The lowest BCUT2D eigenvalue weighted by atomic mass is 10.1. The highest BCUT2D eigenvalue weighted by molar-refractivity contribution is 5.92. The van der Waals surface area contributed by atoms with Gasteiger partial charge in [-0.1, -0.05) is 13.3 Å². The Morgan fingerprint density at radius 1 is 1.33 bits per heavy atom. The van der Waals surface area contributed by atoms with Crippen LogP contribution in [0, 0.1) is 0 Å². The van der Waals surface area contributed by atoms with Crippen LogP contribution in [-0.4, -0.2) is 34.5 Å². The first kappa shape index (κ1) is 17.2. The van der Waals surface area contributed by atoms with Crippen molar-refractivity contribution in [2.75, 3.05) is 11.9 Å². The van der Waals surface area contributed by atoms with Crippen LogP contribution in [0.15, 0.2) is 23.2 Å². The van der Waals surface area contributed by atoms with Gasteiger partial charge in [0.1, 0.15) is 0 Å². The molecule has 0 aliphatic heterocycles. The minimum atomic E-state index is -0.966. The zero-order valence-electron chi connectivity index (χ0n) is 12.9. The monoisotopic (exact) mass is 292 g/mol. The topological polar surface area (TPSA) is 81.9 Å². The number of nitrogens with zero attached hydrogens (tertiary/aromatic N) is 1. The van der Waals surface area contributed by atoms with E-state index in [2.05, 4.69) is 17.2 Å². The van der Waals surface area contributed by atoms with Crippen LogP contribution < -0.4 is 5.32 Å². The van der Waals surface area contributed by atoms with E-state index in [1.807, 2.05) is 13.8 Å². The predicted molar refractivity (Wildman–Crippen MR) is 85.9 cm³/mol. The second kappa shape index (κ2) is 8.42. The van der Waals surface area contributed by atoms with E-state index in [-0.39, 0.29) is 18.2 Å². The molecule has 1 rings (SSSR count). The van der Waals surface area contributed by atoms with Crippen LogP contribution in [0.1, 0.15) is 50.4 Å². The summed E-state index contributed by atoms with van der Waals surface area (Å²) >= 11 is 0. The number of benzene rings is 1. The average Bonchev–Trinajstić information content (AvgIpc) is 2.40. The minimum Gasteiger partial charge on any atom is -0.478 e. The average molecular weight is 292 g/mol. The van der Waals surface area contributed by atoms with Crippen LogP contribution in [0.3, 0.4) is 0 Å². The Hall–Kier alpha value is -1.88. The van der Waals surface area contributed by atoms with E-state index in [1.165, 1.54) is 0 Å². The number of rotatable bonds is 8. The van der Waals surface area contributed by atoms with Crippen molar-refractivity contribution in [1.82, 2.24) is 0 Å². The molecule has 0 radical (unpaired) electrons. The first-order valence-electron chi connectivity index (χ1n) is 7.24. The maximum absolute atomic E-state index is 11.1. The SMILES string of the molecule is CCCC(CCO)Nc1ccc(C(=O)O)cc1N=C(C)C. The molecular weight excluding hydrogens is 268 g/mol. The Morgan fingerprint density at radius 3 is 2.57 bits per heavy atom. The van der Waals surface area contributed by atoms with Crippen molar-refractivity contribution in [2.45, 2.75) is 46.1 Å². The summed E-state index contributed by atoms with van der Waals surface area (Å²) in [6.45, 7) is 5.95. The molecule has 5 heteroatoms. The van der Waals surface area contributed by atoms with Gasteiger partial charge in [0, 0.05) is 18.4 Å². The highest BCUT2D eigenvalue weighted by Gasteiger charge is 2.12. The number of aliphatic hydroxyl groups excluding tert-OH is 1. The van der Waals surface area contributed by atoms with E-state index in [1.54, 1.807) is 18.2 Å². The lowest BCUT2D eigenvalue weighted by Crippen LogP contribution is -2.20. The largest absolute Gasteiger partial charge is 0.478 e. The predicted octanol–water partition coefficient (Wildman–Crippen LogP) is 3.46. The molecule has 0 fully saturated rings. The summed E-state index contributed by atoms with van der Waals surface area (Å²) in [4.78, 5) is 15.5. The van der Waals surface area contributed by atoms with Gasteiger partial charge in [-0.15, -0.1) is 0 Å². The number of nitrogens with one attached hydrogen (secondary N) is 1. The van der Waals surface area contributed by atoms with Crippen molar-refractivity contribution >= 4 is 23.1 Å². The Morgan fingerprint density at radius 2 is 2.05 bits per heavy atom. The van der Waals surface area contributed by atoms with Crippen molar-refractivity contribution in [3.05, 3.63) is 23.8 Å². The van der Waals surface area contributed by atoms with Gasteiger partial charge in [0.05, 0.1) is 16.9 Å². The molecule has 0 heterocycles. The first-order valence-corrected chi connectivity index (χ1v) is 7.24. The van der Waals surface area contributed by atoms with E-state index < -0.39 is 5.97 Å². The number of anilines is 1. The Balaban J connectivity index is 3.09. The standard InChI is InChI=1S/C16H24N2O3/c1-4-5-13(8-9-19)18-14-7-6-12(16(20)21)10-15(14)17-11(2)3/h6-7,10,13,18-19H,4-5,8-9H2,1-3H3,(H,20,21). The molecule has 1 aromatic carbocycles. The molecule has 1 atom stereocenters. The third-order valence-electron chi connectivity index (χ3n) is 3.06. The van der Waals surface area contributed by atoms with Gasteiger partial charge in [0.15, 0.2) is 0 Å². The van der Waals surface area contributed by atoms with Gasteiger partial charge in [-0.05, 0) is 44.9 Å². The molecule has 0 amide bonds. The number of aromatic carboxylic acids is 1. The van der Waals surface area contributed by atoms with E-state index in [9.17, 15) is 4.79 Å². The lowest BCUT2D eigenvalue weighted by Gasteiger charge is -2.20. The highest BCUT2D eigenvalue weighted by atomic mass is 16.4. The fraction of sp³-hybridized carbons (Fsp3) is 0.500. The van der Waals surface area contributed by atoms with Crippen molar-refractivity contribution in [2.24, 2.45) is 4.99 Å². The van der Waals surface area contributed by atoms with Crippen LogP contribution in [0.5, 0.6) is 0 Å². The number of carboxylic acid groups (broad SMARTS) is 1. The molecular formula is C16H24N2O3. The maximum atomic E-state index is 11.1. The van der Waals surface area contributed by atoms with Crippen LogP contribution in [0.25, 0.3) is 0 Å². The van der Waals surface area contributed by atoms with Crippen molar-refractivity contribution in [3.8, 4) is 0 Å². The number of carboxylic acids is 1. The highest BCUT2D eigenvalue weighted by Crippen LogP contribution is 2.28. The summed E-state index contributed by atoms with van der Waals surface area (Å²) in [6.07, 6.45) is 2.61. The molecule has 3 N–H and O–H groups in total. The van der Waals surface area contributed by atoms with Crippen molar-refractivity contribution in [1.29, 1.82) is 0 Å². The van der Waals surface area contributed by atoms with E-state index in [4.69, 9.17) is 10.2 Å². The molecule has 0 spiro atoms. The molecule has 0 aromatic heterocycles. The van der Waals surface area contributed by atoms with Gasteiger partial charge < -0.3 is 15.5 Å². The molecule has 0 aliphatic rings. The van der Waals surface area contributed by atoms with Crippen molar-refractivity contribution < 1.29 is 15.0 Å². The molecule has 5 nitrogen and oxygen atoms in total. The lowest BCUT2D eigenvalue weighted by molar-refractivity contribution is 0.0697. The minimum absolute atomic E-state index is 0.121. The summed E-state index contributed by atoms with van der Waals surface area (Å²) in [7, 11) is 0. The van der Waals surface area contributed by atoms with Crippen LogP contribution in [0.2, 0.25) is 0 Å². The molecule has 0 aliphatic carbocycles. The smallest absolute Gasteiger partial charge is 0.335 e. The fourth-order valence-electron chi connectivity index (χ4n) is 2.13. The molecule has 116 valence electrons. The fourth-order valence-corrected chi connectivity index (χ4v) is 2.13. The summed E-state index contributed by atoms with van der Waals surface area (Å²) in [6, 6.07) is 5.03.